The molecule has 3 rings (SSSR count). The maximum Gasteiger partial charge on any atom is 0.229 e. The molecular weight excluding hydrogens is 321 g/mol. The summed E-state index contributed by atoms with van der Waals surface area (Å²) < 4.78 is 19.7. The van der Waals surface area contributed by atoms with Crippen molar-refractivity contribution in [2.24, 2.45) is 5.41 Å². The van der Waals surface area contributed by atoms with Gasteiger partial charge < -0.3 is 9.42 Å². The van der Waals surface area contributed by atoms with Crippen molar-refractivity contribution in [1.29, 1.82) is 0 Å². The van der Waals surface area contributed by atoms with Crippen LogP contribution in [0.5, 0.6) is 0 Å². The van der Waals surface area contributed by atoms with E-state index >= 15 is 0 Å². The summed E-state index contributed by atoms with van der Waals surface area (Å²) in [7, 11) is 0. The third kappa shape index (κ3) is 3.57. The second kappa shape index (κ2) is 6.58. The molecular formula is C19H24FN3O2. The van der Waals surface area contributed by atoms with Crippen molar-refractivity contribution in [1.82, 2.24) is 15.0 Å². The summed E-state index contributed by atoms with van der Waals surface area (Å²) in [6.07, 6.45) is 1.87. The molecule has 0 saturated carbocycles. The molecule has 1 aromatic carbocycles. The largest absolute Gasteiger partial charge is 0.339 e. The number of likely N-dealkylation sites (tertiary alicyclic amines) is 1. The third-order valence-electron chi connectivity index (χ3n) is 4.68. The Labute approximate surface area is 147 Å². The number of nitrogens with zero attached hydrogens (tertiary/aromatic N) is 3. The molecule has 1 amide bonds. The first-order chi connectivity index (χ1) is 11.8. The van der Waals surface area contributed by atoms with Gasteiger partial charge >= 0.3 is 0 Å². The molecule has 1 aliphatic rings. The number of halogens is 1. The van der Waals surface area contributed by atoms with Crippen molar-refractivity contribution >= 4 is 5.91 Å². The van der Waals surface area contributed by atoms with Crippen LogP contribution in [0.1, 0.15) is 57.9 Å². The van der Waals surface area contributed by atoms with Crippen molar-refractivity contribution in [2.45, 2.75) is 53.0 Å². The van der Waals surface area contributed by atoms with Crippen molar-refractivity contribution < 1.29 is 13.7 Å². The van der Waals surface area contributed by atoms with Gasteiger partial charge in [0.15, 0.2) is 0 Å². The summed E-state index contributed by atoms with van der Waals surface area (Å²) >= 11 is 0. The fourth-order valence-corrected chi connectivity index (χ4v) is 3.14. The van der Waals surface area contributed by atoms with Crippen LogP contribution in [0.4, 0.5) is 4.39 Å². The van der Waals surface area contributed by atoms with Gasteiger partial charge in [0.2, 0.25) is 17.6 Å². The zero-order chi connectivity index (χ0) is 18.2. The van der Waals surface area contributed by atoms with E-state index in [1.807, 2.05) is 38.7 Å². The minimum Gasteiger partial charge on any atom is -0.339 e. The molecule has 1 fully saturated rings. The molecule has 0 aliphatic carbocycles. The highest BCUT2D eigenvalue weighted by Gasteiger charge is 2.35. The maximum absolute atomic E-state index is 14.5. The first kappa shape index (κ1) is 17.6. The Bertz CT molecular complexity index is 783. The van der Waals surface area contributed by atoms with Crippen molar-refractivity contribution in [3.8, 4) is 11.4 Å². The van der Waals surface area contributed by atoms with Crippen LogP contribution in [0.15, 0.2) is 22.7 Å². The molecule has 6 heteroatoms. The van der Waals surface area contributed by atoms with Crippen LogP contribution < -0.4 is 0 Å². The molecule has 1 aromatic heterocycles. The van der Waals surface area contributed by atoms with Gasteiger partial charge in [0, 0.05) is 24.4 Å². The molecule has 5 nitrogen and oxygen atoms in total. The van der Waals surface area contributed by atoms with Gasteiger partial charge in [-0.2, -0.15) is 4.98 Å². The SMILES string of the molecule is CC(C)c1nc(-c2ccc(CN3CCCC(C)(C)C3=O)cc2F)no1. The molecule has 0 N–H and O–H groups in total. The van der Waals surface area contributed by atoms with E-state index in [1.165, 1.54) is 6.07 Å². The summed E-state index contributed by atoms with van der Waals surface area (Å²) in [5, 5.41) is 3.85. The Kier molecular flexibility index (Phi) is 4.62. The van der Waals surface area contributed by atoms with E-state index in [2.05, 4.69) is 10.1 Å². The highest BCUT2D eigenvalue weighted by molar-refractivity contribution is 5.82. The standard InChI is InChI=1S/C19H24FN3O2/c1-12(2)17-21-16(22-25-17)14-7-6-13(10-15(14)20)11-23-9-5-8-19(3,4)18(23)24/h6-7,10,12H,5,8-9,11H2,1-4H3. The lowest BCUT2D eigenvalue weighted by Gasteiger charge is -2.37. The van der Waals surface area contributed by atoms with Gasteiger partial charge in [-0.25, -0.2) is 4.39 Å². The van der Waals surface area contributed by atoms with E-state index in [-0.39, 0.29) is 23.1 Å². The molecule has 2 aromatic rings. The van der Waals surface area contributed by atoms with Gasteiger partial charge in [-0.1, -0.05) is 38.9 Å². The smallest absolute Gasteiger partial charge is 0.229 e. The first-order valence-corrected chi connectivity index (χ1v) is 8.70. The van der Waals surface area contributed by atoms with Crippen LogP contribution in [0, 0.1) is 11.2 Å². The van der Waals surface area contributed by atoms with Crippen LogP contribution in [0.25, 0.3) is 11.4 Å². The first-order valence-electron chi connectivity index (χ1n) is 8.70. The predicted octanol–water partition coefficient (Wildman–Crippen LogP) is 4.15. The Morgan fingerprint density at radius 1 is 1.36 bits per heavy atom. The molecule has 0 bridgehead atoms. The van der Waals surface area contributed by atoms with E-state index < -0.39 is 5.82 Å². The van der Waals surface area contributed by atoms with E-state index in [0.717, 1.165) is 18.4 Å². The lowest BCUT2D eigenvalue weighted by molar-refractivity contribution is -0.144. The number of piperidine rings is 1. The van der Waals surface area contributed by atoms with E-state index in [1.54, 1.807) is 6.07 Å². The van der Waals surface area contributed by atoms with Gasteiger partial charge in [0.05, 0.1) is 5.56 Å². The second-order valence-electron chi connectivity index (χ2n) is 7.64. The van der Waals surface area contributed by atoms with Crippen molar-refractivity contribution in [3.05, 3.63) is 35.5 Å². The molecule has 0 atom stereocenters. The van der Waals surface area contributed by atoms with Gasteiger partial charge in [-0.15, -0.1) is 0 Å². The molecule has 1 saturated heterocycles. The normalized spacial score (nSPS) is 17.4. The Morgan fingerprint density at radius 3 is 2.76 bits per heavy atom. The van der Waals surface area contributed by atoms with E-state index in [0.29, 0.717) is 24.5 Å². The van der Waals surface area contributed by atoms with Crippen LogP contribution >= 0.6 is 0 Å². The summed E-state index contributed by atoms with van der Waals surface area (Å²) in [4.78, 5) is 18.5. The van der Waals surface area contributed by atoms with Crippen molar-refractivity contribution in [2.75, 3.05) is 6.54 Å². The molecule has 134 valence electrons. The van der Waals surface area contributed by atoms with Gasteiger partial charge in [-0.05, 0) is 30.5 Å². The molecule has 1 aliphatic heterocycles. The van der Waals surface area contributed by atoms with Gasteiger partial charge in [0.1, 0.15) is 5.82 Å². The van der Waals surface area contributed by atoms with Crippen LogP contribution in [0.3, 0.4) is 0 Å². The number of aromatic nitrogens is 2. The average Bonchev–Trinajstić information content (AvgIpc) is 3.02. The minimum atomic E-state index is -0.405. The Hall–Kier alpha value is -2.24. The van der Waals surface area contributed by atoms with Gasteiger partial charge in [0.25, 0.3) is 0 Å². The minimum absolute atomic E-state index is 0.0945. The lowest BCUT2D eigenvalue weighted by Crippen LogP contribution is -2.45. The Balaban J connectivity index is 1.79. The number of hydrogen-bond donors (Lipinski definition) is 0. The molecule has 0 spiro atoms. The summed E-state index contributed by atoms with van der Waals surface area (Å²) in [6.45, 7) is 8.94. The van der Waals surface area contributed by atoms with E-state index in [9.17, 15) is 9.18 Å². The third-order valence-corrected chi connectivity index (χ3v) is 4.68. The quantitative estimate of drug-likeness (QED) is 0.835. The highest BCUT2D eigenvalue weighted by Crippen LogP contribution is 2.31. The summed E-state index contributed by atoms with van der Waals surface area (Å²) in [5.41, 5.74) is 0.735. The van der Waals surface area contributed by atoms with Crippen molar-refractivity contribution in [3.63, 3.8) is 0 Å². The van der Waals surface area contributed by atoms with Crippen LogP contribution in [-0.4, -0.2) is 27.5 Å². The van der Waals surface area contributed by atoms with Crippen LogP contribution in [-0.2, 0) is 11.3 Å². The molecule has 25 heavy (non-hydrogen) atoms. The number of amides is 1. The number of hydrogen-bond acceptors (Lipinski definition) is 4. The fourth-order valence-electron chi connectivity index (χ4n) is 3.14. The zero-order valence-corrected chi connectivity index (χ0v) is 15.2. The molecule has 0 radical (unpaired) electrons. The zero-order valence-electron chi connectivity index (χ0n) is 15.2. The maximum atomic E-state index is 14.5. The number of carbonyl (C=O) groups excluding carboxylic acids is 1. The monoisotopic (exact) mass is 345 g/mol. The fraction of sp³-hybridized carbons (Fsp3) is 0.526. The number of benzene rings is 1. The summed E-state index contributed by atoms with van der Waals surface area (Å²) in [6, 6.07) is 4.92. The van der Waals surface area contributed by atoms with E-state index in [4.69, 9.17) is 4.52 Å². The molecule has 0 unspecified atom stereocenters. The topological polar surface area (TPSA) is 59.2 Å². The average molecular weight is 345 g/mol. The highest BCUT2D eigenvalue weighted by atomic mass is 19.1. The number of rotatable bonds is 4. The summed E-state index contributed by atoms with van der Waals surface area (Å²) in [5.74, 6) is 0.555. The predicted molar refractivity (Wildman–Crippen MR) is 92.2 cm³/mol. The Morgan fingerprint density at radius 2 is 2.12 bits per heavy atom. The molecule has 2 heterocycles. The second-order valence-corrected chi connectivity index (χ2v) is 7.64. The lowest BCUT2D eigenvalue weighted by atomic mass is 9.83. The van der Waals surface area contributed by atoms with Crippen LogP contribution in [0.2, 0.25) is 0 Å². The number of carbonyl (C=O) groups is 1. The van der Waals surface area contributed by atoms with Gasteiger partial charge in [-0.3, -0.25) is 4.79 Å².